The van der Waals surface area contributed by atoms with E-state index in [2.05, 4.69) is 19.2 Å². The Hall–Kier alpha value is -1.30. The molecule has 1 heterocycles. The van der Waals surface area contributed by atoms with Crippen molar-refractivity contribution >= 4 is 12.1 Å². The highest BCUT2D eigenvalue weighted by Crippen LogP contribution is 2.33. The Balaban J connectivity index is 2.54. The van der Waals surface area contributed by atoms with Crippen LogP contribution in [0, 0.1) is 5.41 Å². The second-order valence-electron chi connectivity index (χ2n) is 7.07. The number of rotatable bonds is 4. The van der Waals surface area contributed by atoms with E-state index in [1.165, 1.54) is 0 Å². The number of hydrogen-bond acceptors (Lipinski definition) is 4. The molecule has 1 aliphatic heterocycles. The van der Waals surface area contributed by atoms with E-state index in [1.807, 2.05) is 0 Å². The summed E-state index contributed by atoms with van der Waals surface area (Å²) in [5.41, 5.74) is -0.599. The molecule has 1 amide bonds. The first-order valence-electron chi connectivity index (χ1n) is 6.82. The number of carboxylic acids is 1. The van der Waals surface area contributed by atoms with Gasteiger partial charge < -0.3 is 19.9 Å². The van der Waals surface area contributed by atoms with Crippen molar-refractivity contribution < 1.29 is 24.2 Å². The molecule has 2 atom stereocenters. The van der Waals surface area contributed by atoms with Gasteiger partial charge in [0.1, 0.15) is 11.6 Å². The largest absolute Gasteiger partial charge is 0.480 e. The molecule has 1 fully saturated rings. The predicted octanol–water partition coefficient (Wildman–Crippen LogP) is 2.17. The van der Waals surface area contributed by atoms with Crippen LogP contribution in [0.3, 0.4) is 0 Å². The molecule has 0 spiro atoms. The molecule has 0 aromatic rings. The topological polar surface area (TPSA) is 84.9 Å². The number of carbonyl (C=O) groups excluding carboxylic acids is 1. The van der Waals surface area contributed by atoms with E-state index in [1.54, 1.807) is 20.8 Å². The van der Waals surface area contributed by atoms with Crippen LogP contribution >= 0.6 is 0 Å². The summed E-state index contributed by atoms with van der Waals surface area (Å²) < 4.78 is 10.6. The molecule has 116 valence electrons. The van der Waals surface area contributed by atoms with Crippen molar-refractivity contribution in [1.29, 1.82) is 0 Å². The van der Waals surface area contributed by atoms with E-state index in [0.717, 1.165) is 6.42 Å². The van der Waals surface area contributed by atoms with E-state index in [-0.39, 0.29) is 17.9 Å². The van der Waals surface area contributed by atoms with Gasteiger partial charge in [-0.3, -0.25) is 0 Å². The van der Waals surface area contributed by atoms with Crippen molar-refractivity contribution in [3.8, 4) is 0 Å². The standard InChI is InChI=1S/C14H25NO5/c1-13(2,3)20-12(18)15-10(11(16)17)6-9-7-14(4,5)8-19-9/h9-10H,6-8H2,1-5H3,(H,15,18)(H,16,17). The Kier molecular flexibility index (Phi) is 5.02. The number of carbonyl (C=O) groups is 2. The van der Waals surface area contributed by atoms with Crippen LogP contribution in [0.25, 0.3) is 0 Å². The molecule has 0 aromatic heterocycles. The number of aliphatic carboxylic acids is 1. The summed E-state index contributed by atoms with van der Waals surface area (Å²) in [5.74, 6) is -1.08. The molecule has 2 N–H and O–H groups in total. The Bertz CT molecular complexity index is 372. The highest BCUT2D eigenvalue weighted by Gasteiger charge is 2.35. The average Bonchev–Trinajstić information content (AvgIpc) is 2.54. The molecular weight excluding hydrogens is 262 g/mol. The molecule has 6 heteroatoms. The van der Waals surface area contributed by atoms with Crippen LogP contribution in [0.4, 0.5) is 4.79 Å². The third-order valence-corrected chi connectivity index (χ3v) is 2.98. The number of alkyl carbamates (subject to hydrolysis) is 1. The predicted molar refractivity (Wildman–Crippen MR) is 73.5 cm³/mol. The molecule has 0 radical (unpaired) electrons. The van der Waals surface area contributed by atoms with Gasteiger partial charge in [-0.05, 0) is 32.6 Å². The summed E-state index contributed by atoms with van der Waals surface area (Å²) >= 11 is 0. The van der Waals surface area contributed by atoms with E-state index >= 15 is 0 Å². The number of amides is 1. The first-order valence-corrected chi connectivity index (χ1v) is 6.82. The highest BCUT2D eigenvalue weighted by atomic mass is 16.6. The first kappa shape index (κ1) is 16.8. The first-order chi connectivity index (χ1) is 8.98. The minimum absolute atomic E-state index is 0.0552. The Morgan fingerprint density at radius 2 is 2.05 bits per heavy atom. The molecule has 2 unspecified atom stereocenters. The Morgan fingerprint density at radius 3 is 2.45 bits per heavy atom. The third kappa shape index (κ3) is 5.77. The number of carboxylic acid groups (broad SMARTS) is 1. The van der Waals surface area contributed by atoms with Gasteiger partial charge in [-0.2, -0.15) is 0 Å². The normalized spacial score (nSPS) is 23.1. The second kappa shape index (κ2) is 5.99. The van der Waals surface area contributed by atoms with Crippen LogP contribution in [0.2, 0.25) is 0 Å². The van der Waals surface area contributed by atoms with Crippen molar-refractivity contribution in [1.82, 2.24) is 5.32 Å². The van der Waals surface area contributed by atoms with Gasteiger partial charge in [0, 0.05) is 6.42 Å². The van der Waals surface area contributed by atoms with Gasteiger partial charge in [-0.15, -0.1) is 0 Å². The zero-order valence-electron chi connectivity index (χ0n) is 12.9. The molecule has 6 nitrogen and oxygen atoms in total. The minimum atomic E-state index is -1.08. The molecule has 0 aliphatic carbocycles. The fourth-order valence-corrected chi connectivity index (χ4v) is 2.16. The van der Waals surface area contributed by atoms with Crippen LogP contribution in [0.15, 0.2) is 0 Å². The molecule has 1 saturated heterocycles. The van der Waals surface area contributed by atoms with Crippen LogP contribution < -0.4 is 5.32 Å². The average molecular weight is 287 g/mol. The zero-order chi connectivity index (χ0) is 15.6. The Labute approximate surface area is 119 Å². The maximum absolute atomic E-state index is 11.6. The van der Waals surface area contributed by atoms with Crippen LogP contribution in [-0.2, 0) is 14.3 Å². The van der Waals surface area contributed by atoms with Gasteiger partial charge in [0.05, 0.1) is 12.7 Å². The fourth-order valence-electron chi connectivity index (χ4n) is 2.16. The molecule has 20 heavy (non-hydrogen) atoms. The summed E-state index contributed by atoms with van der Waals surface area (Å²) in [5, 5.41) is 11.6. The van der Waals surface area contributed by atoms with E-state index < -0.39 is 23.7 Å². The lowest BCUT2D eigenvalue weighted by Crippen LogP contribution is -2.45. The summed E-state index contributed by atoms with van der Waals surface area (Å²) in [4.78, 5) is 22.9. The maximum Gasteiger partial charge on any atom is 0.408 e. The molecular formula is C14H25NO5. The van der Waals surface area contributed by atoms with E-state index in [4.69, 9.17) is 9.47 Å². The van der Waals surface area contributed by atoms with Crippen LogP contribution in [0.1, 0.15) is 47.5 Å². The Morgan fingerprint density at radius 1 is 1.45 bits per heavy atom. The van der Waals surface area contributed by atoms with E-state index in [0.29, 0.717) is 6.61 Å². The van der Waals surface area contributed by atoms with Gasteiger partial charge >= 0.3 is 12.1 Å². The minimum Gasteiger partial charge on any atom is -0.480 e. The summed E-state index contributed by atoms with van der Waals surface area (Å²) in [6.45, 7) is 9.94. The van der Waals surface area contributed by atoms with Crippen molar-refractivity contribution in [2.75, 3.05) is 6.61 Å². The van der Waals surface area contributed by atoms with Crippen molar-refractivity contribution in [3.05, 3.63) is 0 Å². The third-order valence-electron chi connectivity index (χ3n) is 2.98. The smallest absolute Gasteiger partial charge is 0.408 e. The van der Waals surface area contributed by atoms with Gasteiger partial charge in [0.25, 0.3) is 0 Å². The van der Waals surface area contributed by atoms with Crippen LogP contribution in [-0.4, -0.2) is 41.5 Å². The van der Waals surface area contributed by atoms with Gasteiger partial charge in [-0.1, -0.05) is 13.8 Å². The lowest BCUT2D eigenvalue weighted by Gasteiger charge is -2.23. The molecule has 0 bridgehead atoms. The summed E-state index contributed by atoms with van der Waals surface area (Å²) in [7, 11) is 0. The molecule has 1 rings (SSSR count). The molecule has 0 aromatic carbocycles. The van der Waals surface area contributed by atoms with E-state index in [9.17, 15) is 14.7 Å². The number of nitrogens with one attached hydrogen (secondary N) is 1. The van der Waals surface area contributed by atoms with Crippen LogP contribution in [0.5, 0.6) is 0 Å². The SMILES string of the molecule is CC1(C)COC(CC(NC(=O)OC(C)(C)C)C(=O)O)C1. The monoisotopic (exact) mass is 287 g/mol. The van der Waals surface area contributed by atoms with Gasteiger partial charge in [0.2, 0.25) is 0 Å². The highest BCUT2D eigenvalue weighted by molar-refractivity contribution is 5.80. The van der Waals surface area contributed by atoms with Gasteiger partial charge in [0.15, 0.2) is 0 Å². The summed E-state index contributed by atoms with van der Waals surface area (Å²) in [6, 6.07) is -0.997. The van der Waals surface area contributed by atoms with Gasteiger partial charge in [-0.25, -0.2) is 9.59 Å². The fraction of sp³-hybridized carbons (Fsp3) is 0.857. The second-order valence-corrected chi connectivity index (χ2v) is 7.07. The lowest BCUT2D eigenvalue weighted by atomic mass is 9.89. The molecule has 0 saturated carbocycles. The quantitative estimate of drug-likeness (QED) is 0.827. The molecule has 1 aliphatic rings. The van der Waals surface area contributed by atoms with Crippen molar-refractivity contribution in [2.24, 2.45) is 5.41 Å². The number of hydrogen-bond donors (Lipinski definition) is 2. The van der Waals surface area contributed by atoms with Crippen molar-refractivity contribution in [2.45, 2.75) is 65.2 Å². The summed E-state index contributed by atoms with van der Waals surface area (Å²) in [6.07, 6.45) is 0.160. The van der Waals surface area contributed by atoms with Crippen molar-refractivity contribution in [3.63, 3.8) is 0 Å². The lowest BCUT2D eigenvalue weighted by molar-refractivity contribution is -0.140. The zero-order valence-corrected chi connectivity index (χ0v) is 12.9. The maximum atomic E-state index is 11.6. The number of ether oxygens (including phenoxy) is 2.